The van der Waals surface area contributed by atoms with Gasteiger partial charge < -0.3 is 10.6 Å². The van der Waals surface area contributed by atoms with Crippen LogP contribution in [0.2, 0.25) is 0 Å². The van der Waals surface area contributed by atoms with Gasteiger partial charge in [-0.1, -0.05) is 70.2 Å². The summed E-state index contributed by atoms with van der Waals surface area (Å²) in [5.41, 5.74) is 3.48. The minimum Gasteiger partial charge on any atom is -0.317 e. The van der Waals surface area contributed by atoms with E-state index in [4.69, 9.17) is 0 Å². The third-order valence-electron chi connectivity index (χ3n) is 5.83. The maximum Gasteiger partial charge on any atom is 0.178 e. The molecule has 2 aromatic rings. The van der Waals surface area contributed by atoms with Gasteiger partial charge in [0.1, 0.15) is 0 Å². The maximum absolute atomic E-state index is 13.1. The molecule has 0 bridgehead atoms. The van der Waals surface area contributed by atoms with Crippen molar-refractivity contribution in [3.05, 3.63) is 65.2 Å². The third kappa shape index (κ3) is 8.34. The fourth-order valence-electron chi connectivity index (χ4n) is 3.81. The van der Waals surface area contributed by atoms with Gasteiger partial charge in [-0.25, -0.2) is 8.42 Å². The van der Waals surface area contributed by atoms with Crippen LogP contribution in [0.1, 0.15) is 76.6 Å². The molecule has 0 heterocycles. The lowest BCUT2D eigenvalue weighted by atomic mass is 9.86. The second kappa shape index (κ2) is 12.5. The smallest absolute Gasteiger partial charge is 0.178 e. The monoisotopic (exact) mass is 458 g/mol. The lowest BCUT2D eigenvalue weighted by molar-refractivity contribution is 0.530. The van der Waals surface area contributed by atoms with Crippen molar-refractivity contribution in [3.8, 4) is 0 Å². The van der Waals surface area contributed by atoms with Crippen LogP contribution in [0.4, 0.5) is 0 Å². The molecule has 178 valence electrons. The van der Waals surface area contributed by atoms with Crippen LogP contribution in [0.5, 0.6) is 0 Å². The van der Waals surface area contributed by atoms with E-state index in [1.807, 2.05) is 25.1 Å². The van der Waals surface area contributed by atoms with Crippen molar-refractivity contribution in [2.45, 2.75) is 76.7 Å². The Kier molecular flexibility index (Phi) is 10.4. The van der Waals surface area contributed by atoms with Gasteiger partial charge >= 0.3 is 0 Å². The first-order valence-electron chi connectivity index (χ1n) is 12.0. The summed E-state index contributed by atoms with van der Waals surface area (Å²) in [5, 5.41) is 6.88. The number of benzene rings is 2. The van der Waals surface area contributed by atoms with Gasteiger partial charge in [0.15, 0.2) is 9.84 Å². The number of sulfone groups is 1. The van der Waals surface area contributed by atoms with Gasteiger partial charge in [0, 0.05) is 6.04 Å². The molecule has 5 heteroatoms. The number of hydrogen-bond donors (Lipinski definition) is 2. The van der Waals surface area contributed by atoms with Crippen molar-refractivity contribution in [1.29, 1.82) is 0 Å². The molecule has 0 aliphatic carbocycles. The Bertz CT molecular complexity index is 915. The van der Waals surface area contributed by atoms with Gasteiger partial charge in [0.05, 0.1) is 10.6 Å². The number of nitrogens with one attached hydrogen (secondary N) is 2. The van der Waals surface area contributed by atoms with E-state index in [2.05, 4.69) is 62.6 Å². The van der Waals surface area contributed by atoms with Gasteiger partial charge in [0.25, 0.3) is 0 Å². The predicted octanol–water partition coefficient (Wildman–Crippen LogP) is 5.43. The van der Waals surface area contributed by atoms with Crippen LogP contribution in [-0.4, -0.2) is 33.8 Å². The molecule has 0 fully saturated rings. The Morgan fingerprint density at radius 3 is 2.25 bits per heavy atom. The predicted molar refractivity (Wildman–Crippen MR) is 136 cm³/mol. The Morgan fingerprint density at radius 1 is 0.906 bits per heavy atom. The van der Waals surface area contributed by atoms with Gasteiger partial charge in [-0.2, -0.15) is 0 Å². The zero-order valence-electron chi connectivity index (χ0n) is 20.6. The first-order valence-corrected chi connectivity index (χ1v) is 13.7. The summed E-state index contributed by atoms with van der Waals surface area (Å²) in [6, 6.07) is 16.0. The van der Waals surface area contributed by atoms with Crippen molar-refractivity contribution in [1.82, 2.24) is 10.6 Å². The Labute approximate surface area is 196 Å². The molecule has 2 aromatic carbocycles. The molecule has 4 nitrogen and oxygen atoms in total. The SMILES string of the molecule is CCCNCCCNC(C)c1ccccc1S(=O)(=O)CCCc1ccc(C(C)(C)C)cc1. The van der Waals surface area contributed by atoms with Gasteiger partial charge in [0.2, 0.25) is 0 Å². The summed E-state index contributed by atoms with van der Waals surface area (Å²) in [5.74, 6) is 0.165. The van der Waals surface area contributed by atoms with E-state index in [0.29, 0.717) is 11.3 Å². The summed E-state index contributed by atoms with van der Waals surface area (Å²) in [6.45, 7) is 13.7. The highest BCUT2D eigenvalue weighted by Crippen LogP contribution is 2.25. The summed E-state index contributed by atoms with van der Waals surface area (Å²) in [4.78, 5) is 0.465. The average molecular weight is 459 g/mol. The second-order valence-electron chi connectivity index (χ2n) is 9.69. The summed E-state index contributed by atoms with van der Waals surface area (Å²) < 4.78 is 26.3. The molecule has 0 aliphatic heterocycles. The molecule has 0 radical (unpaired) electrons. The first kappa shape index (κ1) is 26.6. The van der Waals surface area contributed by atoms with Crippen LogP contribution in [0.15, 0.2) is 53.4 Å². The van der Waals surface area contributed by atoms with E-state index in [1.54, 1.807) is 6.07 Å². The highest BCUT2D eigenvalue weighted by Gasteiger charge is 2.21. The number of rotatable bonds is 13. The quantitative estimate of drug-likeness (QED) is 0.393. The largest absolute Gasteiger partial charge is 0.317 e. The van der Waals surface area contributed by atoms with Crippen LogP contribution in [0.25, 0.3) is 0 Å². The molecule has 1 unspecified atom stereocenters. The minimum atomic E-state index is -3.33. The molecule has 32 heavy (non-hydrogen) atoms. The lowest BCUT2D eigenvalue weighted by Gasteiger charge is -2.19. The van der Waals surface area contributed by atoms with Gasteiger partial charge in [-0.3, -0.25) is 0 Å². The molecule has 2 rings (SSSR count). The summed E-state index contributed by atoms with van der Waals surface area (Å²) in [6.07, 6.45) is 3.55. The van der Waals surface area contributed by atoms with Crippen LogP contribution in [-0.2, 0) is 21.7 Å². The van der Waals surface area contributed by atoms with E-state index in [0.717, 1.165) is 44.5 Å². The van der Waals surface area contributed by atoms with Crippen molar-refractivity contribution >= 4 is 9.84 Å². The van der Waals surface area contributed by atoms with Crippen LogP contribution < -0.4 is 10.6 Å². The molecular formula is C27H42N2O2S. The van der Waals surface area contributed by atoms with Gasteiger partial charge in [-0.15, -0.1) is 0 Å². The van der Waals surface area contributed by atoms with E-state index in [9.17, 15) is 8.42 Å². The fourth-order valence-corrected chi connectivity index (χ4v) is 5.45. The molecule has 0 aliphatic rings. The van der Waals surface area contributed by atoms with E-state index in [1.165, 1.54) is 11.1 Å². The highest BCUT2D eigenvalue weighted by molar-refractivity contribution is 7.91. The van der Waals surface area contributed by atoms with Crippen molar-refractivity contribution in [2.75, 3.05) is 25.4 Å². The molecule has 1 atom stereocenters. The summed E-state index contributed by atoms with van der Waals surface area (Å²) >= 11 is 0. The molecule has 0 aromatic heterocycles. The highest BCUT2D eigenvalue weighted by atomic mass is 32.2. The molecule has 0 saturated heterocycles. The minimum absolute atomic E-state index is 0.00269. The normalized spacial score (nSPS) is 13.3. The van der Waals surface area contributed by atoms with Crippen LogP contribution >= 0.6 is 0 Å². The zero-order valence-corrected chi connectivity index (χ0v) is 21.4. The zero-order chi connectivity index (χ0) is 23.6. The van der Waals surface area contributed by atoms with E-state index in [-0.39, 0.29) is 17.2 Å². The molecule has 0 amide bonds. The number of aryl methyl sites for hydroxylation is 1. The fraction of sp³-hybridized carbons (Fsp3) is 0.556. The number of hydrogen-bond acceptors (Lipinski definition) is 4. The van der Waals surface area contributed by atoms with Crippen LogP contribution in [0.3, 0.4) is 0 Å². The Hall–Kier alpha value is -1.69. The van der Waals surface area contributed by atoms with Crippen molar-refractivity contribution in [2.24, 2.45) is 0 Å². The van der Waals surface area contributed by atoms with Gasteiger partial charge in [-0.05, 0) is 80.4 Å². The topological polar surface area (TPSA) is 58.2 Å². The standard InChI is InChI=1S/C27H42N2O2S/c1-6-18-28-19-10-20-29-22(2)25-12-7-8-13-26(25)32(30,31)21-9-11-23-14-16-24(17-15-23)27(3,4)5/h7-8,12-17,22,28-29H,6,9-11,18-21H2,1-5H3. The van der Waals surface area contributed by atoms with E-state index < -0.39 is 9.84 Å². The summed E-state index contributed by atoms with van der Waals surface area (Å²) in [7, 11) is -3.33. The van der Waals surface area contributed by atoms with Crippen molar-refractivity contribution < 1.29 is 8.42 Å². The van der Waals surface area contributed by atoms with Crippen LogP contribution in [0, 0.1) is 0 Å². The third-order valence-corrected chi connectivity index (χ3v) is 7.69. The average Bonchev–Trinajstić information content (AvgIpc) is 2.75. The Balaban J connectivity index is 1.94. The van der Waals surface area contributed by atoms with Crippen molar-refractivity contribution in [3.63, 3.8) is 0 Å². The molecule has 2 N–H and O–H groups in total. The van der Waals surface area contributed by atoms with E-state index >= 15 is 0 Å². The molecular weight excluding hydrogens is 416 g/mol. The molecule has 0 saturated carbocycles. The molecule has 0 spiro atoms. The second-order valence-corrected chi connectivity index (χ2v) is 11.8. The first-order chi connectivity index (χ1) is 15.1. The lowest BCUT2D eigenvalue weighted by Crippen LogP contribution is -2.25. The Morgan fingerprint density at radius 2 is 1.59 bits per heavy atom. The maximum atomic E-state index is 13.1.